The summed E-state index contributed by atoms with van der Waals surface area (Å²) < 4.78 is 6.83. The third kappa shape index (κ3) is 2.66. The molecule has 4 rings (SSSR count). The molecular weight excluding hydrogens is 312 g/mol. The SMILES string of the molecule is CC(=O)C1[C@H]2CC(O[Si](C)(c3ccccc3)c3ccccc3)C[C@@H]12. The largest absolute Gasteiger partial charge is 0.405 e. The number of rotatable bonds is 5. The van der Waals surface area contributed by atoms with E-state index in [0.29, 0.717) is 29.6 Å². The van der Waals surface area contributed by atoms with Gasteiger partial charge in [0.1, 0.15) is 5.78 Å². The zero-order chi connectivity index (χ0) is 16.7. The summed E-state index contributed by atoms with van der Waals surface area (Å²) in [6.07, 6.45) is 2.40. The minimum atomic E-state index is -2.21. The van der Waals surface area contributed by atoms with E-state index in [1.54, 1.807) is 6.92 Å². The number of hydrogen-bond donors (Lipinski definition) is 0. The lowest BCUT2D eigenvalue weighted by Crippen LogP contribution is -2.59. The van der Waals surface area contributed by atoms with Crippen LogP contribution in [0.5, 0.6) is 0 Å². The van der Waals surface area contributed by atoms with Gasteiger partial charge in [0.15, 0.2) is 0 Å². The highest BCUT2D eigenvalue weighted by atomic mass is 28.4. The molecule has 0 heterocycles. The summed E-state index contributed by atoms with van der Waals surface area (Å²) in [6, 6.07) is 21.3. The average Bonchev–Trinajstić information content (AvgIpc) is 3.13. The molecule has 24 heavy (non-hydrogen) atoms. The Labute approximate surface area is 145 Å². The molecule has 2 aliphatic rings. The summed E-state index contributed by atoms with van der Waals surface area (Å²) in [5.41, 5.74) is 0. The van der Waals surface area contributed by atoms with Gasteiger partial charge in [0.05, 0.1) is 0 Å². The monoisotopic (exact) mass is 336 g/mol. The number of carbonyl (C=O) groups excluding carboxylic acids is 1. The maximum absolute atomic E-state index is 11.6. The number of Topliss-reactive ketones (excluding diaryl/α,β-unsaturated/α-hetero) is 1. The van der Waals surface area contributed by atoms with E-state index in [2.05, 4.69) is 67.2 Å². The third-order valence-electron chi connectivity index (χ3n) is 5.92. The van der Waals surface area contributed by atoms with Crippen LogP contribution >= 0.6 is 0 Å². The molecule has 0 radical (unpaired) electrons. The highest BCUT2D eigenvalue weighted by Gasteiger charge is 2.59. The van der Waals surface area contributed by atoms with E-state index in [1.165, 1.54) is 10.4 Å². The summed E-state index contributed by atoms with van der Waals surface area (Å²) in [7, 11) is -2.21. The maximum atomic E-state index is 11.6. The Morgan fingerprint density at radius 1 is 0.917 bits per heavy atom. The molecule has 0 aliphatic heterocycles. The average molecular weight is 337 g/mol. The molecule has 2 unspecified atom stereocenters. The van der Waals surface area contributed by atoms with E-state index < -0.39 is 8.32 Å². The van der Waals surface area contributed by atoms with Gasteiger partial charge in [-0.1, -0.05) is 60.7 Å². The maximum Gasteiger partial charge on any atom is 0.253 e. The van der Waals surface area contributed by atoms with Crippen molar-refractivity contribution < 1.29 is 9.22 Å². The molecule has 0 spiro atoms. The minimum absolute atomic E-state index is 0.299. The lowest BCUT2D eigenvalue weighted by Gasteiger charge is -2.32. The fourth-order valence-electron chi connectivity index (χ4n) is 4.64. The summed E-state index contributed by atoms with van der Waals surface area (Å²) >= 11 is 0. The number of fused-ring (bicyclic) bond motifs is 1. The van der Waals surface area contributed by atoms with E-state index in [0.717, 1.165) is 12.8 Å². The predicted molar refractivity (Wildman–Crippen MR) is 99.0 cm³/mol. The molecule has 0 aromatic heterocycles. The van der Waals surface area contributed by atoms with Gasteiger partial charge in [-0.3, -0.25) is 4.79 Å². The Balaban J connectivity index is 1.58. The van der Waals surface area contributed by atoms with Crippen LogP contribution in [0.3, 0.4) is 0 Å². The van der Waals surface area contributed by atoms with Crippen molar-refractivity contribution in [2.45, 2.75) is 32.4 Å². The number of benzene rings is 2. The highest BCUT2D eigenvalue weighted by molar-refractivity contribution is 6.96. The first-order valence-electron chi connectivity index (χ1n) is 8.89. The van der Waals surface area contributed by atoms with E-state index in [-0.39, 0.29) is 0 Å². The Hall–Kier alpha value is -1.71. The van der Waals surface area contributed by atoms with Crippen LogP contribution in [0.4, 0.5) is 0 Å². The van der Waals surface area contributed by atoms with Crippen LogP contribution in [-0.2, 0) is 9.22 Å². The van der Waals surface area contributed by atoms with Gasteiger partial charge in [0.25, 0.3) is 8.32 Å². The lowest BCUT2D eigenvalue weighted by atomic mass is 10.1. The molecule has 4 atom stereocenters. The minimum Gasteiger partial charge on any atom is -0.405 e. The fourth-order valence-corrected chi connectivity index (χ4v) is 7.76. The van der Waals surface area contributed by atoms with Gasteiger partial charge in [-0.05, 0) is 48.5 Å². The lowest BCUT2D eigenvalue weighted by molar-refractivity contribution is -0.119. The van der Waals surface area contributed by atoms with E-state index in [4.69, 9.17) is 4.43 Å². The van der Waals surface area contributed by atoms with Crippen LogP contribution in [0.1, 0.15) is 19.8 Å². The first-order chi connectivity index (χ1) is 11.6. The molecule has 2 aromatic carbocycles. The van der Waals surface area contributed by atoms with Gasteiger partial charge in [-0.25, -0.2) is 0 Å². The van der Waals surface area contributed by atoms with E-state index in [9.17, 15) is 4.79 Å². The van der Waals surface area contributed by atoms with Crippen LogP contribution in [0, 0.1) is 17.8 Å². The normalized spacial score (nSPS) is 28.4. The number of ketones is 1. The molecule has 2 aromatic rings. The van der Waals surface area contributed by atoms with Crippen molar-refractivity contribution in [3.63, 3.8) is 0 Å². The van der Waals surface area contributed by atoms with Gasteiger partial charge in [0.2, 0.25) is 0 Å². The molecule has 2 fully saturated rings. The molecule has 0 N–H and O–H groups in total. The smallest absolute Gasteiger partial charge is 0.253 e. The Morgan fingerprint density at radius 2 is 1.38 bits per heavy atom. The van der Waals surface area contributed by atoms with Gasteiger partial charge in [-0.2, -0.15) is 0 Å². The quantitative estimate of drug-likeness (QED) is 0.785. The summed E-state index contributed by atoms with van der Waals surface area (Å²) in [5, 5.41) is 2.64. The number of carbonyl (C=O) groups is 1. The Morgan fingerprint density at radius 3 is 1.79 bits per heavy atom. The summed E-state index contributed by atoms with van der Waals surface area (Å²) in [4.78, 5) is 11.6. The van der Waals surface area contributed by atoms with Crippen molar-refractivity contribution in [2.24, 2.45) is 17.8 Å². The van der Waals surface area contributed by atoms with Crippen molar-refractivity contribution >= 4 is 24.5 Å². The van der Waals surface area contributed by atoms with Gasteiger partial charge < -0.3 is 4.43 Å². The first-order valence-corrected chi connectivity index (χ1v) is 11.3. The molecule has 0 saturated heterocycles. The van der Waals surface area contributed by atoms with Crippen LogP contribution in [-0.4, -0.2) is 20.2 Å². The van der Waals surface area contributed by atoms with Crippen molar-refractivity contribution in [2.75, 3.05) is 0 Å². The fraction of sp³-hybridized carbons (Fsp3) is 0.381. The molecule has 2 nitrogen and oxygen atoms in total. The van der Waals surface area contributed by atoms with Crippen molar-refractivity contribution in [3.05, 3.63) is 60.7 Å². The second kappa shape index (κ2) is 5.98. The standard InChI is InChI=1S/C21H24O2Si/c1-15(22)21-19-13-16(14-20(19)21)23-24(2,17-9-5-3-6-10-17)18-11-7-4-8-12-18/h3-12,16,19-21H,13-14H2,1-2H3/t16?,19-,20+,21?. The molecule has 3 heteroatoms. The first kappa shape index (κ1) is 15.8. The molecule has 2 aliphatic carbocycles. The molecule has 2 saturated carbocycles. The third-order valence-corrected chi connectivity index (χ3v) is 9.60. The molecular formula is C21H24O2Si. The van der Waals surface area contributed by atoms with Crippen LogP contribution < -0.4 is 10.4 Å². The van der Waals surface area contributed by atoms with Gasteiger partial charge >= 0.3 is 0 Å². The zero-order valence-corrected chi connectivity index (χ0v) is 15.3. The van der Waals surface area contributed by atoms with Gasteiger partial charge in [0, 0.05) is 12.0 Å². The molecule has 0 bridgehead atoms. The summed E-state index contributed by atoms with van der Waals surface area (Å²) in [5.74, 6) is 1.86. The van der Waals surface area contributed by atoms with Crippen LogP contribution in [0.25, 0.3) is 0 Å². The number of hydrogen-bond acceptors (Lipinski definition) is 2. The van der Waals surface area contributed by atoms with Crippen LogP contribution in [0.15, 0.2) is 60.7 Å². The van der Waals surface area contributed by atoms with E-state index >= 15 is 0 Å². The van der Waals surface area contributed by atoms with Crippen molar-refractivity contribution in [3.8, 4) is 0 Å². The van der Waals surface area contributed by atoms with Gasteiger partial charge in [-0.15, -0.1) is 0 Å². The zero-order valence-electron chi connectivity index (χ0n) is 14.3. The van der Waals surface area contributed by atoms with Crippen molar-refractivity contribution in [1.29, 1.82) is 0 Å². The topological polar surface area (TPSA) is 26.3 Å². The van der Waals surface area contributed by atoms with Crippen molar-refractivity contribution in [1.82, 2.24) is 0 Å². The molecule has 124 valence electrons. The Kier molecular flexibility index (Phi) is 3.93. The predicted octanol–water partition coefficient (Wildman–Crippen LogP) is 3.01. The second-order valence-electron chi connectivity index (χ2n) is 7.44. The highest BCUT2D eigenvalue weighted by Crippen LogP contribution is 2.58. The van der Waals surface area contributed by atoms with Crippen LogP contribution in [0.2, 0.25) is 6.55 Å². The van der Waals surface area contributed by atoms with E-state index in [1.807, 2.05) is 0 Å². The molecule has 0 amide bonds. The Bertz CT molecular complexity index is 677. The summed E-state index contributed by atoms with van der Waals surface area (Å²) in [6.45, 7) is 4.05. The second-order valence-corrected chi connectivity index (χ2v) is 10.9.